The van der Waals surface area contributed by atoms with Crippen molar-refractivity contribution in [3.05, 3.63) is 18.0 Å². The molecule has 1 saturated carbocycles. The molecule has 3 heteroatoms. The van der Waals surface area contributed by atoms with Crippen LogP contribution in [0.25, 0.3) is 0 Å². The first kappa shape index (κ1) is 15.6. The molecular formula is C17H31N3. The molecule has 0 aliphatic heterocycles. The predicted molar refractivity (Wildman–Crippen MR) is 84.7 cm³/mol. The van der Waals surface area contributed by atoms with Crippen LogP contribution < -0.4 is 5.32 Å². The Morgan fingerprint density at radius 3 is 2.55 bits per heavy atom. The van der Waals surface area contributed by atoms with Gasteiger partial charge in [0, 0.05) is 24.5 Å². The molecule has 114 valence electrons. The lowest BCUT2D eigenvalue weighted by Crippen LogP contribution is -2.41. The van der Waals surface area contributed by atoms with Gasteiger partial charge < -0.3 is 5.32 Å². The number of aromatic nitrogens is 2. The van der Waals surface area contributed by atoms with Gasteiger partial charge in [0.2, 0.25) is 0 Å². The maximum Gasteiger partial charge on any atom is 0.0492 e. The minimum atomic E-state index is 0.240. The summed E-state index contributed by atoms with van der Waals surface area (Å²) in [5.41, 5.74) is 1.61. The second kappa shape index (κ2) is 6.75. The monoisotopic (exact) mass is 277 g/mol. The first-order chi connectivity index (χ1) is 9.46. The van der Waals surface area contributed by atoms with Crippen LogP contribution in [0.15, 0.2) is 12.3 Å². The minimum absolute atomic E-state index is 0.240. The normalized spacial score (nSPS) is 24.0. The van der Waals surface area contributed by atoms with Crippen LogP contribution in [0, 0.1) is 11.8 Å². The highest BCUT2D eigenvalue weighted by molar-refractivity contribution is 5.00. The van der Waals surface area contributed by atoms with Gasteiger partial charge >= 0.3 is 0 Å². The van der Waals surface area contributed by atoms with E-state index >= 15 is 0 Å². The fourth-order valence-corrected chi connectivity index (χ4v) is 3.35. The van der Waals surface area contributed by atoms with Crippen LogP contribution in [0.3, 0.4) is 0 Å². The first-order valence-corrected chi connectivity index (χ1v) is 8.17. The van der Waals surface area contributed by atoms with Gasteiger partial charge in [0.05, 0.1) is 0 Å². The topological polar surface area (TPSA) is 29.9 Å². The van der Waals surface area contributed by atoms with Gasteiger partial charge in [0.15, 0.2) is 0 Å². The molecule has 0 saturated heterocycles. The summed E-state index contributed by atoms with van der Waals surface area (Å²) in [6, 6.07) is 2.16. The molecule has 2 rings (SSSR count). The fraction of sp³-hybridized carbons (Fsp3) is 0.824. The maximum atomic E-state index is 4.27. The molecule has 0 aromatic carbocycles. The Hall–Kier alpha value is -0.830. The van der Waals surface area contributed by atoms with E-state index in [1.54, 1.807) is 0 Å². The van der Waals surface area contributed by atoms with E-state index in [0.717, 1.165) is 11.8 Å². The molecule has 20 heavy (non-hydrogen) atoms. The molecule has 1 N–H and O–H groups in total. The molecule has 1 aromatic heterocycles. The molecule has 0 amide bonds. The third-order valence-electron chi connectivity index (χ3n) is 4.65. The molecule has 2 unspecified atom stereocenters. The minimum Gasteiger partial charge on any atom is -0.312 e. The van der Waals surface area contributed by atoms with Crippen molar-refractivity contribution < 1.29 is 0 Å². The van der Waals surface area contributed by atoms with Crippen molar-refractivity contribution in [1.29, 1.82) is 0 Å². The van der Waals surface area contributed by atoms with Gasteiger partial charge in [-0.3, -0.25) is 4.68 Å². The lowest BCUT2D eigenvalue weighted by Gasteiger charge is -2.34. The van der Waals surface area contributed by atoms with Gasteiger partial charge in [-0.25, -0.2) is 0 Å². The van der Waals surface area contributed by atoms with Crippen LogP contribution in [0.5, 0.6) is 0 Å². The van der Waals surface area contributed by atoms with E-state index < -0.39 is 0 Å². The van der Waals surface area contributed by atoms with Crippen LogP contribution in [0.1, 0.15) is 58.6 Å². The van der Waals surface area contributed by atoms with E-state index in [1.165, 1.54) is 50.8 Å². The SMILES string of the molecule is Cn1nccc1CCC1CCCCC1CNC(C)(C)C. The van der Waals surface area contributed by atoms with Crippen molar-refractivity contribution >= 4 is 0 Å². The second-order valence-corrected chi connectivity index (χ2v) is 7.42. The van der Waals surface area contributed by atoms with Crippen molar-refractivity contribution in [2.75, 3.05) is 6.54 Å². The molecule has 0 bridgehead atoms. The summed E-state index contributed by atoms with van der Waals surface area (Å²) in [5, 5.41) is 7.98. The van der Waals surface area contributed by atoms with Crippen molar-refractivity contribution in [3.8, 4) is 0 Å². The van der Waals surface area contributed by atoms with E-state index in [0.29, 0.717) is 0 Å². The Balaban J connectivity index is 1.85. The third-order valence-corrected chi connectivity index (χ3v) is 4.65. The molecular weight excluding hydrogens is 246 g/mol. The largest absolute Gasteiger partial charge is 0.312 e. The van der Waals surface area contributed by atoms with Crippen LogP contribution in [-0.4, -0.2) is 21.9 Å². The molecule has 1 heterocycles. The summed E-state index contributed by atoms with van der Waals surface area (Å²) in [5.74, 6) is 1.74. The van der Waals surface area contributed by atoms with E-state index in [2.05, 4.69) is 44.3 Å². The van der Waals surface area contributed by atoms with Gasteiger partial charge in [-0.05, 0) is 64.5 Å². The van der Waals surface area contributed by atoms with E-state index in [-0.39, 0.29) is 5.54 Å². The van der Waals surface area contributed by atoms with Gasteiger partial charge in [-0.1, -0.05) is 19.3 Å². The van der Waals surface area contributed by atoms with E-state index in [4.69, 9.17) is 0 Å². The van der Waals surface area contributed by atoms with Crippen molar-refractivity contribution in [2.45, 2.75) is 64.8 Å². The fourth-order valence-electron chi connectivity index (χ4n) is 3.35. The van der Waals surface area contributed by atoms with Crippen LogP contribution in [-0.2, 0) is 13.5 Å². The summed E-state index contributed by atoms with van der Waals surface area (Å²) < 4.78 is 2.02. The molecule has 3 nitrogen and oxygen atoms in total. The van der Waals surface area contributed by atoms with Crippen molar-refractivity contribution in [2.24, 2.45) is 18.9 Å². The lowest BCUT2D eigenvalue weighted by atomic mass is 9.76. The molecule has 0 radical (unpaired) electrons. The van der Waals surface area contributed by atoms with Gasteiger partial charge in [-0.15, -0.1) is 0 Å². The highest BCUT2D eigenvalue weighted by atomic mass is 15.2. The Labute approximate surface area is 124 Å². The number of nitrogens with one attached hydrogen (secondary N) is 1. The third kappa shape index (κ3) is 4.62. The number of hydrogen-bond donors (Lipinski definition) is 1. The summed E-state index contributed by atoms with van der Waals surface area (Å²) in [6.45, 7) is 7.97. The Kier molecular flexibility index (Phi) is 5.25. The average molecular weight is 277 g/mol. The Bertz CT molecular complexity index is 403. The zero-order valence-corrected chi connectivity index (χ0v) is 13.7. The van der Waals surface area contributed by atoms with E-state index in [9.17, 15) is 0 Å². The van der Waals surface area contributed by atoms with E-state index in [1.807, 2.05) is 10.9 Å². The lowest BCUT2D eigenvalue weighted by molar-refractivity contribution is 0.203. The zero-order valence-electron chi connectivity index (χ0n) is 13.7. The first-order valence-electron chi connectivity index (χ1n) is 8.17. The predicted octanol–water partition coefficient (Wildman–Crippen LogP) is 3.55. The highest BCUT2D eigenvalue weighted by Gasteiger charge is 2.26. The number of nitrogens with zero attached hydrogens (tertiary/aromatic N) is 2. The van der Waals surface area contributed by atoms with Crippen molar-refractivity contribution in [3.63, 3.8) is 0 Å². The summed E-state index contributed by atoms with van der Waals surface area (Å²) in [7, 11) is 2.05. The average Bonchev–Trinajstić information content (AvgIpc) is 2.79. The maximum absolute atomic E-state index is 4.27. The van der Waals surface area contributed by atoms with Crippen molar-refractivity contribution in [1.82, 2.24) is 15.1 Å². The Morgan fingerprint density at radius 1 is 1.25 bits per heavy atom. The number of rotatable bonds is 5. The quantitative estimate of drug-likeness (QED) is 0.892. The van der Waals surface area contributed by atoms with Crippen LogP contribution >= 0.6 is 0 Å². The molecule has 1 aliphatic carbocycles. The van der Waals surface area contributed by atoms with Crippen LogP contribution in [0.4, 0.5) is 0 Å². The number of aryl methyl sites for hydroxylation is 2. The Morgan fingerprint density at radius 2 is 1.95 bits per heavy atom. The molecule has 2 atom stereocenters. The molecule has 0 spiro atoms. The molecule has 1 aromatic rings. The molecule has 1 aliphatic rings. The summed E-state index contributed by atoms with van der Waals surface area (Å²) in [4.78, 5) is 0. The second-order valence-electron chi connectivity index (χ2n) is 7.42. The van der Waals surface area contributed by atoms with Gasteiger partial charge in [-0.2, -0.15) is 5.10 Å². The van der Waals surface area contributed by atoms with Gasteiger partial charge in [0.25, 0.3) is 0 Å². The highest BCUT2D eigenvalue weighted by Crippen LogP contribution is 2.33. The summed E-state index contributed by atoms with van der Waals surface area (Å²) >= 11 is 0. The van der Waals surface area contributed by atoms with Gasteiger partial charge in [0.1, 0.15) is 0 Å². The van der Waals surface area contributed by atoms with Crippen LogP contribution in [0.2, 0.25) is 0 Å². The number of hydrogen-bond acceptors (Lipinski definition) is 2. The zero-order chi connectivity index (χ0) is 14.6. The standard InChI is InChI=1S/C17H31N3/c1-17(2,3)18-13-15-8-6-5-7-14(15)9-10-16-11-12-19-20(16)4/h11-12,14-15,18H,5-10,13H2,1-4H3. The smallest absolute Gasteiger partial charge is 0.0492 e. The summed E-state index contributed by atoms with van der Waals surface area (Å²) in [6.07, 6.45) is 10.0. The molecule has 1 fully saturated rings.